The minimum absolute atomic E-state index is 0.00796. The summed E-state index contributed by atoms with van der Waals surface area (Å²) in [5.74, 6) is -0.00796. The fraction of sp³-hybridized carbons (Fsp3) is 0.238. The Kier molecular flexibility index (Phi) is 4.43. The van der Waals surface area contributed by atoms with Crippen molar-refractivity contribution in [2.75, 3.05) is 0 Å². The molecule has 0 spiro atoms. The second-order valence-corrected chi connectivity index (χ2v) is 7.18. The molecule has 3 rings (SSSR count). The number of carbonyl (C=O) groups excluding carboxylic acids is 1. The van der Waals surface area contributed by atoms with Crippen molar-refractivity contribution in [3.05, 3.63) is 83.9 Å². The molecule has 1 aromatic heterocycles. The topological polar surface area (TPSA) is 71.6 Å². The Labute approximate surface area is 152 Å². The lowest BCUT2D eigenvalue weighted by molar-refractivity contribution is -0.132. The largest absolute Gasteiger partial charge is 0.296 e. The number of Topliss-reactive ketones (excluding diaryl/α,β-unsaturated/α-hetero) is 1. The first kappa shape index (κ1) is 17.6. The third-order valence-electron chi connectivity index (χ3n) is 4.40. The lowest BCUT2D eigenvalue weighted by Gasteiger charge is -2.38. The Bertz CT molecular complexity index is 932. The molecule has 1 atom stereocenters. The monoisotopic (exact) mass is 344 g/mol. The van der Waals surface area contributed by atoms with Crippen LogP contribution in [0.2, 0.25) is 0 Å². The van der Waals surface area contributed by atoms with E-state index in [1.54, 1.807) is 23.1 Å². The van der Waals surface area contributed by atoms with Gasteiger partial charge in [-0.05, 0) is 23.3 Å². The molecule has 0 aliphatic rings. The van der Waals surface area contributed by atoms with Crippen LogP contribution >= 0.6 is 0 Å². The number of nitriles is 1. The van der Waals surface area contributed by atoms with Crippen molar-refractivity contribution in [1.82, 2.24) is 14.8 Å². The van der Waals surface area contributed by atoms with Gasteiger partial charge in [-0.3, -0.25) is 4.79 Å². The maximum atomic E-state index is 13.8. The first-order valence-corrected chi connectivity index (χ1v) is 8.37. The third kappa shape index (κ3) is 2.80. The molecule has 3 aromatic rings. The van der Waals surface area contributed by atoms with Crippen LogP contribution < -0.4 is 0 Å². The highest BCUT2D eigenvalue weighted by atomic mass is 16.1. The average molecular weight is 344 g/mol. The molecule has 0 aliphatic heterocycles. The van der Waals surface area contributed by atoms with E-state index in [2.05, 4.69) is 16.2 Å². The zero-order valence-corrected chi connectivity index (χ0v) is 15.0. The van der Waals surface area contributed by atoms with Gasteiger partial charge in [0.25, 0.3) is 0 Å². The highest BCUT2D eigenvalue weighted by Crippen LogP contribution is 2.40. The predicted octanol–water partition coefficient (Wildman–Crippen LogP) is 3.56. The Morgan fingerprint density at radius 2 is 1.62 bits per heavy atom. The summed E-state index contributed by atoms with van der Waals surface area (Å²) in [6, 6.07) is 18.8. The van der Waals surface area contributed by atoms with Gasteiger partial charge in [0.1, 0.15) is 12.7 Å². The van der Waals surface area contributed by atoms with E-state index in [1.165, 1.54) is 6.33 Å². The van der Waals surface area contributed by atoms with E-state index in [9.17, 15) is 4.79 Å². The molecule has 0 saturated carbocycles. The molecule has 0 bridgehead atoms. The number of nitrogens with zero attached hydrogens (tertiary/aromatic N) is 4. The molecule has 0 saturated heterocycles. The molecule has 0 amide bonds. The van der Waals surface area contributed by atoms with Crippen molar-refractivity contribution in [3.63, 3.8) is 0 Å². The van der Waals surface area contributed by atoms with Crippen LogP contribution in [-0.4, -0.2) is 20.5 Å². The molecule has 130 valence electrons. The molecule has 0 aliphatic carbocycles. The fourth-order valence-corrected chi connectivity index (χ4v) is 3.19. The van der Waals surface area contributed by atoms with Crippen LogP contribution in [0.3, 0.4) is 0 Å². The number of hydrogen-bond acceptors (Lipinski definition) is 4. The molecule has 5 heteroatoms. The zero-order chi connectivity index (χ0) is 18.8. The van der Waals surface area contributed by atoms with Gasteiger partial charge in [-0.15, -0.1) is 0 Å². The van der Waals surface area contributed by atoms with Crippen LogP contribution in [-0.2, 0) is 10.3 Å². The maximum Gasteiger partial charge on any atom is 0.174 e. The first-order valence-electron chi connectivity index (χ1n) is 8.37. The van der Waals surface area contributed by atoms with Crippen LogP contribution in [0.25, 0.3) is 0 Å². The van der Waals surface area contributed by atoms with Gasteiger partial charge in [-0.1, -0.05) is 63.2 Å². The summed E-state index contributed by atoms with van der Waals surface area (Å²) in [7, 11) is 0. The number of rotatable bonds is 4. The van der Waals surface area contributed by atoms with Gasteiger partial charge in [0.15, 0.2) is 11.3 Å². The van der Waals surface area contributed by atoms with E-state index in [0.29, 0.717) is 5.56 Å². The highest BCUT2D eigenvalue weighted by Gasteiger charge is 2.49. The first-order chi connectivity index (χ1) is 12.4. The maximum absolute atomic E-state index is 13.8. The van der Waals surface area contributed by atoms with Crippen molar-refractivity contribution in [1.29, 1.82) is 5.26 Å². The van der Waals surface area contributed by atoms with Crippen LogP contribution in [0.15, 0.2) is 67.3 Å². The molecule has 1 heterocycles. The van der Waals surface area contributed by atoms with E-state index < -0.39 is 11.0 Å². The SMILES string of the molecule is CC(C)(C)C(=O)C(c1ccccc1)(c1ccc(C#N)cc1)n1cncn1. The Hall–Kier alpha value is -3.26. The summed E-state index contributed by atoms with van der Waals surface area (Å²) in [6.07, 6.45) is 2.99. The van der Waals surface area contributed by atoms with Crippen LogP contribution in [0.4, 0.5) is 0 Å². The summed E-state index contributed by atoms with van der Waals surface area (Å²) >= 11 is 0. The van der Waals surface area contributed by atoms with E-state index in [-0.39, 0.29) is 5.78 Å². The zero-order valence-electron chi connectivity index (χ0n) is 15.0. The molecule has 0 radical (unpaired) electrons. The summed E-state index contributed by atoms with van der Waals surface area (Å²) in [5.41, 5.74) is 0.292. The number of hydrogen-bond donors (Lipinski definition) is 0. The molecular formula is C21H20N4O. The highest BCUT2D eigenvalue weighted by molar-refractivity contribution is 5.97. The van der Waals surface area contributed by atoms with Crippen molar-refractivity contribution in [3.8, 4) is 6.07 Å². The molecule has 1 unspecified atom stereocenters. The van der Waals surface area contributed by atoms with Gasteiger partial charge in [-0.2, -0.15) is 10.4 Å². The minimum Gasteiger partial charge on any atom is -0.296 e. The molecule has 0 N–H and O–H groups in total. The lowest BCUT2D eigenvalue weighted by atomic mass is 9.70. The average Bonchev–Trinajstić information content (AvgIpc) is 3.18. The van der Waals surface area contributed by atoms with Crippen molar-refractivity contribution >= 4 is 5.78 Å². The Balaban J connectivity index is 2.39. The van der Waals surface area contributed by atoms with Crippen molar-refractivity contribution < 1.29 is 4.79 Å². The Morgan fingerprint density at radius 3 is 2.12 bits per heavy atom. The minimum atomic E-state index is -1.16. The lowest BCUT2D eigenvalue weighted by Crippen LogP contribution is -2.49. The van der Waals surface area contributed by atoms with E-state index in [4.69, 9.17) is 5.26 Å². The van der Waals surface area contributed by atoms with Crippen LogP contribution in [0, 0.1) is 16.7 Å². The summed E-state index contributed by atoms with van der Waals surface area (Å²) in [6.45, 7) is 5.69. The van der Waals surface area contributed by atoms with E-state index in [0.717, 1.165) is 11.1 Å². The second kappa shape index (κ2) is 6.57. The van der Waals surface area contributed by atoms with Gasteiger partial charge in [0.05, 0.1) is 11.6 Å². The van der Waals surface area contributed by atoms with Crippen molar-refractivity contribution in [2.45, 2.75) is 26.3 Å². The summed E-state index contributed by atoms with van der Waals surface area (Å²) in [4.78, 5) is 17.9. The van der Waals surface area contributed by atoms with Gasteiger partial charge in [-0.25, -0.2) is 9.67 Å². The van der Waals surface area contributed by atoms with E-state index in [1.807, 2.05) is 63.2 Å². The molecule has 26 heavy (non-hydrogen) atoms. The standard InChI is InChI=1S/C21H20N4O/c1-20(2,3)19(26)21(25-15-23-14-24-25,17-7-5-4-6-8-17)18-11-9-16(13-22)10-12-18/h4-12,14-15H,1-3H3. The van der Waals surface area contributed by atoms with E-state index >= 15 is 0 Å². The number of aromatic nitrogens is 3. The normalized spacial score (nSPS) is 13.6. The van der Waals surface area contributed by atoms with Crippen LogP contribution in [0.1, 0.15) is 37.5 Å². The van der Waals surface area contributed by atoms with Crippen LogP contribution in [0.5, 0.6) is 0 Å². The van der Waals surface area contributed by atoms with Gasteiger partial charge in [0.2, 0.25) is 0 Å². The fourth-order valence-electron chi connectivity index (χ4n) is 3.19. The predicted molar refractivity (Wildman–Crippen MR) is 98.3 cm³/mol. The quantitative estimate of drug-likeness (QED) is 0.725. The number of carbonyl (C=O) groups is 1. The van der Waals surface area contributed by atoms with Crippen molar-refractivity contribution in [2.24, 2.45) is 5.41 Å². The number of ketones is 1. The molecular weight excluding hydrogens is 324 g/mol. The second-order valence-electron chi connectivity index (χ2n) is 7.18. The molecule has 0 fully saturated rings. The molecule has 5 nitrogen and oxygen atoms in total. The Morgan fingerprint density at radius 1 is 1.00 bits per heavy atom. The number of benzene rings is 2. The van der Waals surface area contributed by atoms with Gasteiger partial charge >= 0.3 is 0 Å². The molecule has 2 aromatic carbocycles. The van der Waals surface area contributed by atoms with Gasteiger partial charge < -0.3 is 0 Å². The summed E-state index contributed by atoms with van der Waals surface area (Å²) in [5, 5.41) is 13.5. The third-order valence-corrected chi connectivity index (χ3v) is 4.40. The summed E-state index contributed by atoms with van der Waals surface area (Å²) < 4.78 is 1.61. The smallest absolute Gasteiger partial charge is 0.174 e. The van der Waals surface area contributed by atoms with Gasteiger partial charge in [0, 0.05) is 5.41 Å².